The first-order chi connectivity index (χ1) is 12.8. The Balaban J connectivity index is 2.46. The number of hydrogen-bond acceptors (Lipinski definition) is 4. The maximum absolute atomic E-state index is 12.5. The molecule has 4 nitrogen and oxygen atoms in total. The second-order valence-electron chi connectivity index (χ2n) is 8.02. The fourth-order valence-corrected chi connectivity index (χ4v) is 3.17. The van der Waals surface area contributed by atoms with E-state index in [1.54, 1.807) is 0 Å². The van der Waals surface area contributed by atoms with Gasteiger partial charge in [-0.2, -0.15) is 5.06 Å². The molecule has 0 spiro atoms. The van der Waals surface area contributed by atoms with Gasteiger partial charge in [-0.15, -0.1) is 0 Å². The summed E-state index contributed by atoms with van der Waals surface area (Å²) in [6, 6.07) is 19.7. The third-order valence-electron chi connectivity index (χ3n) is 4.42. The van der Waals surface area contributed by atoms with Gasteiger partial charge in [0, 0.05) is 5.54 Å². The van der Waals surface area contributed by atoms with Gasteiger partial charge in [0.15, 0.2) is 0 Å². The van der Waals surface area contributed by atoms with Crippen LogP contribution in [-0.4, -0.2) is 23.7 Å². The Labute approximate surface area is 163 Å². The van der Waals surface area contributed by atoms with Crippen LogP contribution in [0, 0.1) is 5.92 Å². The zero-order chi connectivity index (χ0) is 20.0. The first kappa shape index (κ1) is 21.1. The van der Waals surface area contributed by atoms with Crippen molar-refractivity contribution in [2.75, 3.05) is 7.11 Å². The topological polar surface area (TPSA) is 38.8 Å². The number of carbonyl (C=O) groups excluding carboxylic acids is 1. The van der Waals surface area contributed by atoms with E-state index >= 15 is 0 Å². The molecule has 0 fully saturated rings. The van der Waals surface area contributed by atoms with Crippen LogP contribution >= 0.6 is 0 Å². The Morgan fingerprint density at radius 3 is 1.78 bits per heavy atom. The SMILES string of the molecule is COC(=O)C(ON(C(c1ccccc1)C(C)C)C(C)(C)C)c1ccccc1. The van der Waals surface area contributed by atoms with Crippen LogP contribution in [0.15, 0.2) is 60.7 Å². The number of nitrogens with zero attached hydrogens (tertiary/aromatic N) is 1. The molecule has 2 unspecified atom stereocenters. The molecule has 0 radical (unpaired) electrons. The van der Waals surface area contributed by atoms with Gasteiger partial charge in [0.2, 0.25) is 6.10 Å². The molecule has 0 aromatic heterocycles. The van der Waals surface area contributed by atoms with Crippen LogP contribution in [-0.2, 0) is 14.4 Å². The normalized spacial score (nSPS) is 14.2. The van der Waals surface area contributed by atoms with Crippen LogP contribution in [0.2, 0.25) is 0 Å². The molecule has 0 aliphatic rings. The molecule has 4 heteroatoms. The number of rotatable bonds is 7. The molecule has 0 saturated heterocycles. The van der Waals surface area contributed by atoms with Crippen molar-refractivity contribution in [2.45, 2.75) is 52.3 Å². The summed E-state index contributed by atoms with van der Waals surface area (Å²) in [5.74, 6) is -0.133. The standard InChI is InChI=1S/C23H31NO3/c1-17(2)20(18-13-9-7-10-14-18)24(23(3,4)5)27-21(22(25)26-6)19-15-11-8-12-16-19/h7-17,20-21H,1-6H3. The number of ether oxygens (including phenoxy) is 1. The van der Waals surface area contributed by atoms with Crippen molar-refractivity contribution in [1.82, 2.24) is 5.06 Å². The third kappa shape index (κ3) is 5.41. The monoisotopic (exact) mass is 369 g/mol. The number of hydroxylamine groups is 2. The lowest BCUT2D eigenvalue weighted by atomic mass is 9.92. The zero-order valence-electron chi connectivity index (χ0n) is 17.2. The van der Waals surface area contributed by atoms with E-state index in [-0.39, 0.29) is 17.5 Å². The van der Waals surface area contributed by atoms with Gasteiger partial charge in [0.05, 0.1) is 13.2 Å². The van der Waals surface area contributed by atoms with Crippen molar-refractivity contribution >= 4 is 5.97 Å². The van der Waals surface area contributed by atoms with E-state index in [1.165, 1.54) is 7.11 Å². The van der Waals surface area contributed by atoms with Crippen molar-refractivity contribution in [3.05, 3.63) is 71.8 Å². The Morgan fingerprint density at radius 1 is 0.889 bits per heavy atom. The number of methoxy groups -OCH3 is 1. The van der Waals surface area contributed by atoms with Gasteiger partial charge in [-0.05, 0) is 37.8 Å². The summed E-state index contributed by atoms with van der Waals surface area (Å²) in [6.07, 6.45) is -0.819. The summed E-state index contributed by atoms with van der Waals surface area (Å²) in [7, 11) is 1.39. The Morgan fingerprint density at radius 2 is 1.37 bits per heavy atom. The zero-order valence-corrected chi connectivity index (χ0v) is 17.2. The van der Waals surface area contributed by atoms with Gasteiger partial charge in [0.1, 0.15) is 0 Å². The molecule has 146 valence electrons. The number of esters is 1. The van der Waals surface area contributed by atoms with Crippen molar-refractivity contribution in [1.29, 1.82) is 0 Å². The van der Waals surface area contributed by atoms with Crippen molar-refractivity contribution in [3.8, 4) is 0 Å². The number of benzene rings is 2. The molecule has 2 aromatic rings. The highest BCUT2D eigenvalue weighted by molar-refractivity contribution is 5.76. The fourth-order valence-electron chi connectivity index (χ4n) is 3.17. The molecule has 0 aliphatic heterocycles. The van der Waals surface area contributed by atoms with Crippen LogP contribution in [0.5, 0.6) is 0 Å². The van der Waals surface area contributed by atoms with Crippen LogP contribution in [0.4, 0.5) is 0 Å². The quantitative estimate of drug-likeness (QED) is 0.488. The lowest BCUT2D eigenvalue weighted by molar-refractivity contribution is -0.275. The maximum Gasteiger partial charge on any atom is 0.341 e. The Kier molecular flexibility index (Phi) is 7.17. The molecular weight excluding hydrogens is 338 g/mol. The molecule has 27 heavy (non-hydrogen) atoms. The summed E-state index contributed by atoms with van der Waals surface area (Å²) >= 11 is 0. The summed E-state index contributed by atoms with van der Waals surface area (Å²) < 4.78 is 5.04. The second-order valence-corrected chi connectivity index (χ2v) is 8.02. The summed E-state index contributed by atoms with van der Waals surface area (Å²) in [4.78, 5) is 18.9. The molecule has 2 atom stereocenters. The van der Waals surface area contributed by atoms with E-state index in [0.717, 1.165) is 11.1 Å². The van der Waals surface area contributed by atoms with Crippen molar-refractivity contribution < 1.29 is 14.4 Å². The average molecular weight is 370 g/mol. The molecule has 0 heterocycles. The van der Waals surface area contributed by atoms with E-state index in [2.05, 4.69) is 46.8 Å². The fraction of sp³-hybridized carbons (Fsp3) is 0.435. The van der Waals surface area contributed by atoms with Crippen molar-refractivity contribution in [2.24, 2.45) is 5.92 Å². The summed E-state index contributed by atoms with van der Waals surface area (Å²) in [5.41, 5.74) is 1.60. The molecule has 0 N–H and O–H groups in total. The van der Waals surface area contributed by atoms with Gasteiger partial charge in [-0.25, -0.2) is 4.79 Å². The lowest BCUT2D eigenvalue weighted by Crippen LogP contribution is -2.47. The smallest absolute Gasteiger partial charge is 0.341 e. The average Bonchev–Trinajstić information content (AvgIpc) is 2.64. The molecule has 0 bridgehead atoms. The van der Waals surface area contributed by atoms with Gasteiger partial charge in [0.25, 0.3) is 0 Å². The molecule has 0 amide bonds. The minimum atomic E-state index is -0.819. The van der Waals surface area contributed by atoms with Gasteiger partial charge in [-0.1, -0.05) is 74.5 Å². The van der Waals surface area contributed by atoms with E-state index in [4.69, 9.17) is 9.57 Å². The van der Waals surface area contributed by atoms with E-state index in [9.17, 15) is 4.79 Å². The van der Waals surface area contributed by atoms with Crippen LogP contribution in [0.25, 0.3) is 0 Å². The molecular formula is C23H31NO3. The summed E-state index contributed by atoms with van der Waals surface area (Å²) in [5, 5.41) is 1.95. The lowest BCUT2D eigenvalue weighted by Gasteiger charge is -2.43. The van der Waals surface area contributed by atoms with Crippen LogP contribution in [0.3, 0.4) is 0 Å². The van der Waals surface area contributed by atoms with Crippen molar-refractivity contribution in [3.63, 3.8) is 0 Å². The predicted octanol–water partition coefficient (Wildman–Crippen LogP) is 5.33. The highest BCUT2D eigenvalue weighted by atomic mass is 16.7. The summed E-state index contributed by atoms with van der Waals surface area (Å²) in [6.45, 7) is 10.6. The van der Waals surface area contributed by atoms with Gasteiger partial charge in [-0.3, -0.25) is 4.84 Å². The molecule has 2 aromatic carbocycles. The second kappa shape index (κ2) is 9.16. The highest BCUT2D eigenvalue weighted by Crippen LogP contribution is 2.37. The van der Waals surface area contributed by atoms with Crippen LogP contribution in [0.1, 0.15) is 57.9 Å². The number of carbonyl (C=O) groups is 1. The van der Waals surface area contributed by atoms with Crippen LogP contribution < -0.4 is 0 Å². The van der Waals surface area contributed by atoms with Gasteiger partial charge < -0.3 is 4.74 Å². The molecule has 0 saturated carbocycles. The highest BCUT2D eigenvalue weighted by Gasteiger charge is 2.37. The Bertz CT molecular complexity index is 707. The first-order valence-corrected chi connectivity index (χ1v) is 9.39. The largest absolute Gasteiger partial charge is 0.467 e. The number of hydrogen-bond donors (Lipinski definition) is 0. The van der Waals surface area contributed by atoms with Gasteiger partial charge >= 0.3 is 5.97 Å². The van der Waals surface area contributed by atoms with E-state index in [1.807, 2.05) is 53.6 Å². The Hall–Kier alpha value is -2.17. The first-order valence-electron chi connectivity index (χ1n) is 9.39. The minimum Gasteiger partial charge on any atom is -0.467 e. The van der Waals surface area contributed by atoms with E-state index < -0.39 is 12.1 Å². The molecule has 0 aliphatic carbocycles. The maximum atomic E-state index is 12.5. The predicted molar refractivity (Wildman–Crippen MR) is 108 cm³/mol. The van der Waals surface area contributed by atoms with E-state index in [0.29, 0.717) is 0 Å². The molecule has 2 rings (SSSR count). The third-order valence-corrected chi connectivity index (χ3v) is 4.42. The minimum absolute atomic E-state index is 0.0120.